The number of hydrogen-bond acceptors (Lipinski definition) is 2. The Hall–Kier alpha value is -3.33. The van der Waals surface area contributed by atoms with E-state index in [2.05, 4.69) is 41.0 Å². The van der Waals surface area contributed by atoms with Crippen LogP contribution in [0, 0.1) is 5.82 Å². The second-order valence-corrected chi connectivity index (χ2v) is 7.20. The highest BCUT2D eigenvalue weighted by Crippen LogP contribution is 2.24. The van der Waals surface area contributed by atoms with Gasteiger partial charge in [-0.1, -0.05) is 73.7 Å². The number of nitrogens with zero attached hydrogens (tertiary/aromatic N) is 2. The Bertz CT molecular complexity index is 1020. The van der Waals surface area contributed by atoms with Crippen LogP contribution in [0.3, 0.4) is 0 Å². The average Bonchev–Trinajstić information content (AvgIpc) is 2.78. The third-order valence-corrected chi connectivity index (χ3v) is 5.00. The average molecular weight is 399 g/mol. The molecule has 3 aromatic rings. The van der Waals surface area contributed by atoms with E-state index in [4.69, 9.17) is 0 Å². The first kappa shape index (κ1) is 21.4. The maximum absolute atomic E-state index is 14.3. The third kappa shape index (κ3) is 6.08. The van der Waals surface area contributed by atoms with Gasteiger partial charge in [0.05, 0.1) is 12.4 Å². The summed E-state index contributed by atoms with van der Waals surface area (Å²) >= 11 is 0. The van der Waals surface area contributed by atoms with Gasteiger partial charge in [-0.25, -0.2) is 4.39 Å². The van der Waals surface area contributed by atoms with Crippen molar-refractivity contribution >= 4 is 12.4 Å². The monoisotopic (exact) mass is 398 g/mol. The van der Waals surface area contributed by atoms with Crippen LogP contribution < -0.4 is 0 Å². The Labute approximate surface area is 178 Å². The highest BCUT2D eigenvalue weighted by Gasteiger charge is 2.05. The Morgan fingerprint density at radius 1 is 0.833 bits per heavy atom. The summed E-state index contributed by atoms with van der Waals surface area (Å²) in [4.78, 5) is 0. The van der Waals surface area contributed by atoms with Gasteiger partial charge in [0.15, 0.2) is 0 Å². The van der Waals surface area contributed by atoms with Gasteiger partial charge in [0.1, 0.15) is 5.82 Å². The van der Waals surface area contributed by atoms with Crippen LogP contribution in [0.4, 0.5) is 4.39 Å². The molecule has 0 amide bonds. The van der Waals surface area contributed by atoms with Crippen LogP contribution in [0.5, 0.6) is 0 Å². The topological polar surface area (TPSA) is 24.7 Å². The summed E-state index contributed by atoms with van der Waals surface area (Å²) in [7, 11) is 0. The van der Waals surface area contributed by atoms with Crippen LogP contribution in [0.2, 0.25) is 0 Å². The third-order valence-electron chi connectivity index (χ3n) is 5.00. The van der Waals surface area contributed by atoms with Crippen LogP contribution in [0.15, 0.2) is 89.6 Å². The smallest absolute Gasteiger partial charge is 0.131 e. The van der Waals surface area contributed by atoms with Gasteiger partial charge < -0.3 is 0 Å². The molecule has 3 heteroatoms. The summed E-state index contributed by atoms with van der Waals surface area (Å²) in [6.07, 6.45) is 9.44. The zero-order chi connectivity index (χ0) is 21.2. The van der Waals surface area contributed by atoms with Gasteiger partial charge in [0.25, 0.3) is 0 Å². The van der Waals surface area contributed by atoms with Crippen molar-refractivity contribution in [2.24, 2.45) is 10.2 Å². The molecule has 30 heavy (non-hydrogen) atoms. The summed E-state index contributed by atoms with van der Waals surface area (Å²) in [6.45, 7) is 5.77. The maximum atomic E-state index is 14.3. The normalized spacial score (nSPS) is 11.4. The number of unbranched alkanes of at least 4 members (excludes halogenated alkanes) is 1. The summed E-state index contributed by atoms with van der Waals surface area (Å²) in [6, 6.07) is 21.4. The fourth-order valence-electron chi connectivity index (χ4n) is 3.18. The number of halogens is 1. The molecular formula is C27H27FN2. The van der Waals surface area contributed by atoms with E-state index in [-0.39, 0.29) is 5.82 Å². The molecule has 0 spiro atoms. The molecule has 0 heterocycles. The fraction of sp³-hybridized carbons (Fsp3) is 0.185. The Morgan fingerprint density at radius 2 is 1.43 bits per heavy atom. The molecule has 0 radical (unpaired) electrons. The van der Waals surface area contributed by atoms with Crippen molar-refractivity contribution in [3.05, 3.63) is 107 Å². The minimum atomic E-state index is -0.188. The van der Waals surface area contributed by atoms with Gasteiger partial charge in [-0.2, -0.15) is 10.2 Å². The predicted molar refractivity (Wildman–Crippen MR) is 126 cm³/mol. The molecule has 2 nitrogen and oxygen atoms in total. The van der Waals surface area contributed by atoms with E-state index in [1.165, 1.54) is 5.56 Å². The van der Waals surface area contributed by atoms with E-state index in [0.29, 0.717) is 5.56 Å². The molecule has 0 aliphatic carbocycles. The van der Waals surface area contributed by atoms with Crippen molar-refractivity contribution < 1.29 is 4.39 Å². The molecule has 0 aromatic heterocycles. The Balaban J connectivity index is 1.58. The van der Waals surface area contributed by atoms with E-state index < -0.39 is 0 Å². The van der Waals surface area contributed by atoms with Crippen LogP contribution in [-0.2, 0) is 12.8 Å². The van der Waals surface area contributed by atoms with Crippen molar-refractivity contribution in [2.75, 3.05) is 0 Å². The largest absolute Gasteiger partial charge is 0.206 e. The van der Waals surface area contributed by atoms with Crippen LogP contribution in [0.25, 0.3) is 11.1 Å². The Morgan fingerprint density at radius 3 is 2.00 bits per heavy atom. The van der Waals surface area contributed by atoms with Crippen molar-refractivity contribution in [1.29, 1.82) is 0 Å². The highest BCUT2D eigenvalue weighted by atomic mass is 19.1. The molecule has 0 aliphatic heterocycles. The van der Waals surface area contributed by atoms with Gasteiger partial charge in [0.2, 0.25) is 0 Å². The standard InChI is InChI=1S/C27H27FN2/c1-3-5-6-7-22-8-10-23(11-9-22)19-29-30-20-24-12-15-25(16-13-24)26-17-14-21(4-2)18-27(26)28/h3,8-20H,1,4-7H2,2H3. The van der Waals surface area contributed by atoms with E-state index >= 15 is 0 Å². The van der Waals surface area contributed by atoms with Gasteiger partial charge in [-0.15, -0.1) is 6.58 Å². The lowest BCUT2D eigenvalue weighted by Crippen LogP contribution is -1.89. The molecule has 0 saturated carbocycles. The first-order valence-corrected chi connectivity index (χ1v) is 10.3. The van der Waals surface area contributed by atoms with Crippen LogP contribution >= 0.6 is 0 Å². The summed E-state index contributed by atoms with van der Waals surface area (Å²) in [5.74, 6) is -0.188. The molecule has 0 unspecified atom stereocenters. The minimum Gasteiger partial charge on any atom is -0.206 e. The second-order valence-electron chi connectivity index (χ2n) is 7.20. The number of rotatable bonds is 9. The summed E-state index contributed by atoms with van der Waals surface area (Å²) in [5.41, 5.74) is 5.71. The van der Waals surface area contributed by atoms with Crippen molar-refractivity contribution in [3.8, 4) is 11.1 Å². The van der Waals surface area contributed by atoms with Gasteiger partial charge in [-0.3, -0.25) is 0 Å². The van der Waals surface area contributed by atoms with Crippen molar-refractivity contribution in [3.63, 3.8) is 0 Å². The molecule has 0 aliphatic rings. The van der Waals surface area contributed by atoms with Gasteiger partial charge >= 0.3 is 0 Å². The quantitative estimate of drug-likeness (QED) is 0.160. The number of hydrogen-bond donors (Lipinski definition) is 0. The van der Waals surface area contributed by atoms with Crippen molar-refractivity contribution in [1.82, 2.24) is 0 Å². The zero-order valence-corrected chi connectivity index (χ0v) is 17.4. The van der Waals surface area contributed by atoms with Gasteiger partial charge in [-0.05, 0) is 59.6 Å². The minimum absolute atomic E-state index is 0.188. The number of benzene rings is 3. The lowest BCUT2D eigenvalue weighted by molar-refractivity contribution is 0.629. The van der Waals surface area contributed by atoms with E-state index in [1.54, 1.807) is 18.5 Å². The predicted octanol–water partition coefficient (Wildman–Crippen LogP) is 7.02. The fourth-order valence-corrected chi connectivity index (χ4v) is 3.18. The van der Waals surface area contributed by atoms with Crippen LogP contribution in [0.1, 0.15) is 42.0 Å². The lowest BCUT2D eigenvalue weighted by Gasteiger charge is -2.05. The molecule has 0 atom stereocenters. The Kier molecular flexibility index (Phi) is 7.85. The molecule has 3 aromatic carbocycles. The lowest BCUT2D eigenvalue weighted by atomic mass is 10.0. The maximum Gasteiger partial charge on any atom is 0.131 e. The second kappa shape index (κ2) is 11.0. The molecule has 0 fully saturated rings. The van der Waals surface area contributed by atoms with Crippen LogP contribution in [-0.4, -0.2) is 12.4 Å². The molecule has 3 rings (SSSR count). The summed E-state index contributed by atoms with van der Waals surface area (Å²) < 4.78 is 14.3. The molecule has 0 bridgehead atoms. The molecular weight excluding hydrogens is 371 g/mol. The molecule has 152 valence electrons. The van der Waals surface area contributed by atoms with Gasteiger partial charge in [0, 0.05) is 5.56 Å². The van der Waals surface area contributed by atoms with E-state index in [9.17, 15) is 4.39 Å². The zero-order valence-electron chi connectivity index (χ0n) is 17.4. The highest BCUT2D eigenvalue weighted by molar-refractivity contribution is 5.83. The van der Waals surface area contributed by atoms with E-state index in [1.807, 2.05) is 49.4 Å². The number of allylic oxidation sites excluding steroid dienone is 1. The van der Waals surface area contributed by atoms with E-state index in [0.717, 1.165) is 47.9 Å². The molecule has 0 saturated heterocycles. The first-order valence-electron chi connectivity index (χ1n) is 10.3. The first-order chi connectivity index (χ1) is 14.7. The molecule has 0 N–H and O–H groups in total. The SMILES string of the molecule is C=CCCCc1ccc(C=NN=Cc2ccc(-c3ccc(CC)cc3F)cc2)cc1. The summed E-state index contributed by atoms with van der Waals surface area (Å²) in [5, 5.41) is 8.25. The van der Waals surface area contributed by atoms with Crippen molar-refractivity contribution in [2.45, 2.75) is 32.6 Å². The number of aryl methyl sites for hydroxylation is 2.